The van der Waals surface area contributed by atoms with Crippen LogP contribution in [0, 0.1) is 5.92 Å². The Morgan fingerprint density at radius 2 is 1.95 bits per heavy atom. The third-order valence-corrected chi connectivity index (χ3v) is 7.44. The number of amides is 2. The van der Waals surface area contributed by atoms with E-state index in [1.165, 1.54) is 0 Å². The van der Waals surface area contributed by atoms with E-state index in [1.807, 2.05) is 42.5 Å². The predicted molar refractivity (Wildman–Crippen MR) is 136 cm³/mol. The maximum Gasteiger partial charge on any atom is 0.227 e. The Bertz CT molecular complexity index is 1120. The highest BCUT2D eigenvalue weighted by molar-refractivity contribution is 5.92. The van der Waals surface area contributed by atoms with Gasteiger partial charge in [0.2, 0.25) is 11.8 Å². The van der Waals surface area contributed by atoms with Crippen LogP contribution in [-0.4, -0.2) is 62.2 Å². The first-order valence-electron chi connectivity index (χ1n) is 12.9. The summed E-state index contributed by atoms with van der Waals surface area (Å²) in [5, 5.41) is 16.0. The molecule has 2 fully saturated rings. The van der Waals surface area contributed by atoms with Crippen LogP contribution in [0.25, 0.3) is 0 Å². The van der Waals surface area contributed by atoms with Crippen molar-refractivity contribution in [3.8, 4) is 11.5 Å². The molecule has 3 heterocycles. The number of para-hydroxylation sites is 1. The van der Waals surface area contributed by atoms with Gasteiger partial charge in [-0.15, -0.1) is 0 Å². The van der Waals surface area contributed by atoms with Crippen LogP contribution in [0.3, 0.4) is 0 Å². The molecule has 9 nitrogen and oxygen atoms in total. The summed E-state index contributed by atoms with van der Waals surface area (Å²) in [6, 6.07) is 13.2. The second kappa shape index (κ2) is 11.5. The lowest BCUT2D eigenvalue weighted by Gasteiger charge is -2.37. The summed E-state index contributed by atoms with van der Waals surface area (Å²) in [6.45, 7) is 1.36. The average Bonchev–Trinajstić information content (AvgIpc) is 3.30. The van der Waals surface area contributed by atoms with Gasteiger partial charge < -0.3 is 34.7 Å². The van der Waals surface area contributed by atoms with E-state index in [4.69, 9.17) is 18.9 Å². The van der Waals surface area contributed by atoms with Crippen LogP contribution in [0.4, 0.5) is 5.69 Å². The van der Waals surface area contributed by atoms with Crippen LogP contribution >= 0.6 is 0 Å². The molecule has 3 N–H and O–H groups in total. The Hall–Kier alpha value is -3.14. The smallest absolute Gasteiger partial charge is 0.227 e. The van der Waals surface area contributed by atoms with Crippen molar-refractivity contribution in [1.82, 2.24) is 5.32 Å². The summed E-state index contributed by atoms with van der Waals surface area (Å²) in [5.74, 6) is 1.22. The molecule has 0 saturated carbocycles. The zero-order chi connectivity index (χ0) is 25.8. The number of carbonyl (C=O) groups excluding carboxylic acids is 2. The fraction of sp³-hybridized carbons (Fsp3) is 0.500. The Kier molecular flexibility index (Phi) is 7.93. The molecule has 37 heavy (non-hydrogen) atoms. The van der Waals surface area contributed by atoms with Crippen LogP contribution < -0.4 is 20.1 Å². The van der Waals surface area contributed by atoms with Crippen LogP contribution in [0.5, 0.6) is 11.5 Å². The maximum atomic E-state index is 12.8. The van der Waals surface area contributed by atoms with Gasteiger partial charge in [0.1, 0.15) is 23.7 Å². The zero-order valence-electron chi connectivity index (χ0n) is 21.0. The highest BCUT2D eigenvalue weighted by atomic mass is 16.6. The minimum atomic E-state index is -0.543. The molecule has 5 rings (SSSR count). The van der Waals surface area contributed by atoms with Gasteiger partial charge in [-0.3, -0.25) is 9.59 Å². The number of carbonyl (C=O) groups is 2. The lowest BCUT2D eigenvalue weighted by Crippen LogP contribution is -2.47. The minimum absolute atomic E-state index is 0.00326. The van der Waals surface area contributed by atoms with Crippen molar-refractivity contribution in [3.05, 3.63) is 53.6 Å². The number of anilines is 1. The molecule has 2 aromatic rings. The summed E-state index contributed by atoms with van der Waals surface area (Å²) in [6.07, 6.45) is 0.943. The molecule has 3 aliphatic heterocycles. The van der Waals surface area contributed by atoms with Gasteiger partial charge in [0.15, 0.2) is 0 Å². The topological polar surface area (TPSA) is 115 Å². The van der Waals surface area contributed by atoms with Gasteiger partial charge in [-0.2, -0.15) is 0 Å². The van der Waals surface area contributed by atoms with Crippen LogP contribution in [0.15, 0.2) is 42.5 Å². The van der Waals surface area contributed by atoms with Gasteiger partial charge in [0.25, 0.3) is 0 Å². The molecule has 9 heteroatoms. The lowest BCUT2D eigenvalue weighted by molar-refractivity contribution is -0.142. The Morgan fingerprint density at radius 1 is 1.14 bits per heavy atom. The normalized spacial score (nSPS) is 24.9. The van der Waals surface area contributed by atoms with E-state index in [-0.39, 0.29) is 48.9 Å². The first-order chi connectivity index (χ1) is 18.1. The number of aliphatic hydroxyl groups excluding tert-OH is 1. The van der Waals surface area contributed by atoms with E-state index in [9.17, 15) is 14.7 Å². The van der Waals surface area contributed by atoms with Gasteiger partial charge in [-0.25, -0.2) is 0 Å². The predicted octanol–water partition coefficient (Wildman–Crippen LogP) is 2.76. The maximum absolute atomic E-state index is 12.8. The monoisotopic (exact) mass is 510 g/mol. The molecular weight excluding hydrogens is 476 g/mol. The van der Waals surface area contributed by atoms with E-state index < -0.39 is 6.10 Å². The number of benzene rings is 2. The number of hydrogen-bond donors (Lipinski definition) is 3. The Morgan fingerprint density at radius 3 is 2.73 bits per heavy atom. The van der Waals surface area contributed by atoms with Crippen molar-refractivity contribution in [2.24, 2.45) is 5.92 Å². The molecule has 2 saturated heterocycles. The van der Waals surface area contributed by atoms with Crippen molar-refractivity contribution < 1.29 is 33.6 Å². The van der Waals surface area contributed by atoms with Crippen molar-refractivity contribution in [3.63, 3.8) is 0 Å². The molecule has 3 aliphatic rings. The zero-order valence-corrected chi connectivity index (χ0v) is 21.0. The Balaban J connectivity index is 1.23. The summed E-state index contributed by atoms with van der Waals surface area (Å²) in [4.78, 5) is 25.5. The molecule has 0 radical (unpaired) electrons. The second-order valence-electron chi connectivity index (χ2n) is 9.82. The first-order valence-corrected chi connectivity index (χ1v) is 12.9. The van der Waals surface area contributed by atoms with Crippen molar-refractivity contribution in [2.75, 3.05) is 32.2 Å². The first kappa shape index (κ1) is 25.5. The lowest BCUT2D eigenvalue weighted by atomic mass is 9.84. The molecule has 2 aromatic carbocycles. The second-order valence-corrected chi connectivity index (χ2v) is 9.82. The molecule has 4 atom stereocenters. The van der Waals surface area contributed by atoms with E-state index >= 15 is 0 Å². The summed E-state index contributed by atoms with van der Waals surface area (Å²) < 4.78 is 22.9. The van der Waals surface area contributed by atoms with Gasteiger partial charge in [0, 0.05) is 48.4 Å². The van der Waals surface area contributed by atoms with Crippen LogP contribution in [-0.2, 0) is 25.6 Å². The van der Waals surface area contributed by atoms with Gasteiger partial charge in [-0.1, -0.05) is 18.2 Å². The van der Waals surface area contributed by atoms with Crippen molar-refractivity contribution >= 4 is 17.5 Å². The fourth-order valence-corrected chi connectivity index (χ4v) is 5.49. The number of ether oxygens (including phenoxy) is 4. The SMILES string of the molecule is COc1ccccc1CNC(=O)C[C@@H]1C[C@@H]2c3cc(NC(=O)C4CCOCC4)ccc3O[C@@H]2[C@H](CO)O1. The number of hydrogen-bond acceptors (Lipinski definition) is 7. The molecule has 0 aromatic heterocycles. The quantitative estimate of drug-likeness (QED) is 0.500. The van der Waals surface area contributed by atoms with Gasteiger partial charge in [0.05, 0.1) is 26.2 Å². The molecule has 0 unspecified atom stereocenters. The average molecular weight is 511 g/mol. The number of nitrogens with one attached hydrogen (secondary N) is 2. The van der Waals surface area contributed by atoms with Gasteiger partial charge >= 0.3 is 0 Å². The van der Waals surface area contributed by atoms with Gasteiger partial charge in [-0.05, 0) is 43.5 Å². The summed E-state index contributed by atoms with van der Waals surface area (Å²) in [5.41, 5.74) is 2.58. The third-order valence-electron chi connectivity index (χ3n) is 7.44. The largest absolute Gasteiger partial charge is 0.496 e. The fourth-order valence-electron chi connectivity index (χ4n) is 5.49. The van der Waals surface area contributed by atoms with Crippen LogP contribution in [0.1, 0.15) is 42.7 Å². The molecular formula is C28H34N2O7. The van der Waals surface area contributed by atoms with Crippen LogP contribution in [0.2, 0.25) is 0 Å². The molecule has 0 spiro atoms. The molecule has 0 aliphatic carbocycles. The number of aliphatic hydroxyl groups is 1. The molecule has 2 amide bonds. The molecule has 0 bridgehead atoms. The third kappa shape index (κ3) is 5.74. The minimum Gasteiger partial charge on any atom is -0.496 e. The van der Waals surface area contributed by atoms with E-state index in [0.717, 1.165) is 41.2 Å². The molecule has 198 valence electrons. The number of fused-ring (bicyclic) bond motifs is 3. The van der Waals surface area contributed by atoms with E-state index in [2.05, 4.69) is 10.6 Å². The van der Waals surface area contributed by atoms with E-state index in [1.54, 1.807) is 7.11 Å². The number of methoxy groups -OCH3 is 1. The summed E-state index contributed by atoms with van der Waals surface area (Å²) in [7, 11) is 1.60. The van der Waals surface area contributed by atoms with Crippen molar-refractivity contribution in [2.45, 2.75) is 56.5 Å². The van der Waals surface area contributed by atoms with E-state index in [0.29, 0.717) is 26.2 Å². The number of rotatable bonds is 8. The highest BCUT2D eigenvalue weighted by Gasteiger charge is 2.46. The Labute approximate surface area is 216 Å². The standard InChI is InChI=1S/C28H34N2O7/c1-34-23-5-3-2-4-18(23)15-29-26(32)14-20-13-22-21-12-19(30-28(33)17-8-10-35-11-9-17)6-7-24(21)37-27(22)25(16-31)36-20/h2-7,12,17,20,22,25,27,31H,8-11,13-16H2,1H3,(H,29,32)(H,30,33)/t20-,22+,25-,27-/m0/s1. The van der Waals surface area contributed by atoms with Crippen molar-refractivity contribution in [1.29, 1.82) is 0 Å². The summed E-state index contributed by atoms with van der Waals surface area (Å²) >= 11 is 0. The highest BCUT2D eigenvalue weighted by Crippen LogP contribution is 2.47.